The van der Waals surface area contributed by atoms with Gasteiger partial charge in [-0.15, -0.1) is 0 Å². The van der Waals surface area contributed by atoms with Gasteiger partial charge in [0.25, 0.3) is 5.56 Å². The van der Waals surface area contributed by atoms with Gasteiger partial charge in [0.1, 0.15) is 11.6 Å². The summed E-state index contributed by atoms with van der Waals surface area (Å²) in [6, 6.07) is 9.55. The Morgan fingerprint density at radius 1 is 1.18 bits per heavy atom. The maximum absolute atomic E-state index is 13.3. The molecular weight excluding hydrogens is 281 g/mol. The van der Waals surface area contributed by atoms with E-state index < -0.39 is 5.82 Å². The van der Waals surface area contributed by atoms with Crippen LogP contribution in [0.15, 0.2) is 47.4 Å². The number of hydrogen-bond donors (Lipinski definition) is 0. The van der Waals surface area contributed by atoms with Crippen molar-refractivity contribution in [2.45, 2.75) is 27.3 Å². The molecule has 0 aliphatic carbocycles. The Morgan fingerprint density at radius 2 is 1.95 bits per heavy atom. The van der Waals surface area contributed by atoms with Gasteiger partial charge in [-0.05, 0) is 37.3 Å². The predicted octanol–water partition coefficient (Wildman–Crippen LogP) is 3.31. The maximum Gasteiger partial charge on any atom is 0.261 e. The molecule has 3 aromatic rings. The number of nitrogens with zero attached hydrogens (tertiary/aromatic N) is 3. The zero-order chi connectivity index (χ0) is 16.1. The maximum atomic E-state index is 13.3. The van der Waals surface area contributed by atoms with Crippen molar-refractivity contribution in [1.29, 1.82) is 0 Å². The number of halogens is 1. The lowest BCUT2D eigenvalue weighted by molar-refractivity contribution is 0.628. The van der Waals surface area contributed by atoms with Crippen molar-refractivity contribution in [3.8, 4) is 0 Å². The largest absolute Gasteiger partial charge is 0.290 e. The molecule has 2 aromatic heterocycles. The molecule has 0 aliphatic rings. The van der Waals surface area contributed by atoms with Crippen molar-refractivity contribution in [1.82, 2.24) is 14.5 Å². The first-order valence-electron chi connectivity index (χ1n) is 7.22. The number of pyridine rings is 1. The zero-order valence-corrected chi connectivity index (χ0v) is 12.9. The highest BCUT2D eigenvalue weighted by Gasteiger charge is 2.09. The van der Waals surface area contributed by atoms with Gasteiger partial charge in [-0.3, -0.25) is 14.3 Å². The summed E-state index contributed by atoms with van der Waals surface area (Å²) in [7, 11) is 0. The molecule has 0 fully saturated rings. The third-order valence-electron chi connectivity index (χ3n) is 3.15. The smallest absolute Gasteiger partial charge is 0.261 e. The SMILES string of the molecule is CC.Cc1nc2ccc(F)cc2c(=O)n1Cc1ccccn1. The van der Waals surface area contributed by atoms with Gasteiger partial charge in [0, 0.05) is 6.20 Å². The lowest BCUT2D eigenvalue weighted by Crippen LogP contribution is -2.24. The highest BCUT2D eigenvalue weighted by atomic mass is 19.1. The number of aryl methyl sites for hydroxylation is 1. The second kappa shape index (κ2) is 6.93. The van der Waals surface area contributed by atoms with Gasteiger partial charge in [0.05, 0.1) is 23.1 Å². The van der Waals surface area contributed by atoms with E-state index in [0.717, 1.165) is 5.69 Å². The lowest BCUT2D eigenvalue weighted by Gasteiger charge is -2.10. The third kappa shape index (κ3) is 3.19. The summed E-state index contributed by atoms with van der Waals surface area (Å²) in [6.07, 6.45) is 1.67. The van der Waals surface area contributed by atoms with E-state index in [9.17, 15) is 9.18 Å². The minimum Gasteiger partial charge on any atom is -0.290 e. The van der Waals surface area contributed by atoms with Gasteiger partial charge in [0.2, 0.25) is 0 Å². The second-order valence-corrected chi connectivity index (χ2v) is 4.53. The van der Waals surface area contributed by atoms with Crippen LogP contribution < -0.4 is 5.56 Å². The van der Waals surface area contributed by atoms with Crippen LogP contribution in [0, 0.1) is 12.7 Å². The molecule has 0 saturated heterocycles. The highest BCUT2D eigenvalue weighted by molar-refractivity contribution is 5.77. The topological polar surface area (TPSA) is 47.8 Å². The van der Waals surface area contributed by atoms with E-state index in [1.807, 2.05) is 32.0 Å². The van der Waals surface area contributed by atoms with Crippen molar-refractivity contribution in [3.63, 3.8) is 0 Å². The van der Waals surface area contributed by atoms with Crippen LogP contribution in [0.25, 0.3) is 10.9 Å². The molecule has 0 radical (unpaired) electrons. The molecule has 4 nitrogen and oxygen atoms in total. The number of aromatic nitrogens is 3. The van der Waals surface area contributed by atoms with E-state index in [1.165, 1.54) is 22.8 Å². The Labute approximate surface area is 128 Å². The molecule has 0 bridgehead atoms. The summed E-state index contributed by atoms with van der Waals surface area (Å²) in [5.74, 6) is 0.143. The summed E-state index contributed by atoms with van der Waals surface area (Å²) in [6.45, 7) is 6.08. The minimum atomic E-state index is -0.440. The fourth-order valence-corrected chi connectivity index (χ4v) is 2.14. The predicted molar refractivity (Wildman–Crippen MR) is 85.4 cm³/mol. The van der Waals surface area contributed by atoms with Crippen molar-refractivity contribution in [3.05, 3.63) is 70.3 Å². The first kappa shape index (κ1) is 15.8. The molecule has 0 atom stereocenters. The van der Waals surface area contributed by atoms with Gasteiger partial charge in [-0.1, -0.05) is 19.9 Å². The van der Waals surface area contributed by atoms with Crippen LogP contribution in [0.4, 0.5) is 4.39 Å². The van der Waals surface area contributed by atoms with Crippen molar-refractivity contribution < 1.29 is 4.39 Å². The van der Waals surface area contributed by atoms with E-state index in [1.54, 1.807) is 13.1 Å². The van der Waals surface area contributed by atoms with Crippen molar-refractivity contribution >= 4 is 10.9 Å². The summed E-state index contributed by atoms with van der Waals surface area (Å²) in [4.78, 5) is 21.0. The average Bonchev–Trinajstić information content (AvgIpc) is 2.55. The highest BCUT2D eigenvalue weighted by Crippen LogP contribution is 2.11. The molecule has 22 heavy (non-hydrogen) atoms. The van der Waals surface area contributed by atoms with E-state index in [0.29, 0.717) is 17.9 Å². The normalized spacial score (nSPS) is 10.2. The summed E-state index contributed by atoms with van der Waals surface area (Å²) < 4.78 is 14.8. The standard InChI is InChI=1S/C15H12FN3O.C2H6/c1-10-18-14-6-5-11(16)8-13(14)15(20)19(10)9-12-4-2-3-7-17-12;1-2/h2-8H,9H2,1H3;1-2H3. The molecule has 0 aliphatic heterocycles. The van der Waals surface area contributed by atoms with E-state index in [-0.39, 0.29) is 10.9 Å². The molecule has 0 amide bonds. The lowest BCUT2D eigenvalue weighted by atomic mass is 10.2. The molecule has 0 N–H and O–H groups in total. The Kier molecular flexibility index (Phi) is 4.99. The monoisotopic (exact) mass is 299 g/mol. The molecular formula is C17H18FN3O. The minimum absolute atomic E-state index is 0.252. The van der Waals surface area contributed by atoms with E-state index >= 15 is 0 Å². The summed E-state index contributed by atoms with van der Waals surface area (Å²) in [5, 5.41) is 0.284. The van der Waals surface area contributed by atoms with Gasteiger partial charge >= 0.3 is 0 Å². The number of hydrogen-bond acceptors (Lipinski definition) is 3. The number of rotatable bonds is 2. The molecule has 5 heteroatoms. The Bertz CT molecular complexity index is 828. The van der Waals surface area contributed by atoms with Crippen LogP contribution in [0.2, 0.25) is 0 Å². The Morgan fingerprint density at radius 3 is 2.64 bits per heavy atom. The Hall–Kier alpha value is -2.56. The molecule has 114 valence electrons. The van der Waals surface area contributed by atoms with Crippen LogP contribution in [0.5, 0.6) is 0 Å². The number of fused-ring (bicyclic) bond motifs is 1. The summed E-state index contributed by atoms with van der Waals surface area (Å²) in [5.41, 5.74) is 1.01. The fourth-order valence-electron chi connectivity index (χ4n) is 2.14. The Balaban J connectivity index is 0.000000847. The van der Waals surface area contributed by atoms with Crippen molar-refractivity contribution in [2.75, 3.05) is 0 Å². The number of benzene rings is 1. The van der Waals surface area contributed by atoms with Crippen LogP contribution in [-0.2, 0) is 6.54 Å². The molecule has 1 aromatic carbocycles. The fraction of sp³-hybridized carbons (Fsp3) is 0.235. The van der Waals surface area contributed by atoms with Crippen LogP contribution >= 0.6 is 0 Å². The average molecular weight is 299 g/mol. The molecule has 2 heterocycles. The van der Waals surface area contributed by atoms with Crippen LogP contribution in [-0.4, -0.2) is 14.5 Å². The van der Waals surface area contributed by atoms with Gasteiger partial charge in [0.15, 0.2) is 0 Å². The third-order valence-corrected chi connectivity index (χ3v) is 3.15. The molecule has 0 unspecified atom stereocenters. The first-order valence-corrected chi connectivity index (χ1v) is 7.22. The zero-order valence-electron chi connectivity index (χ0n) is 12.9. The van der Waals surface area contributed by atoms with E-state index in [4.69, 9.17) is 0 Å². The van der Waals surface area contributed by atoms with Gasteiger partial charge in [-0.25, -0.2) is 9.37 Å². The second-order valence-electron chi connectivity index (χ2n) is 4.53. The van der Waals surface area contributed by atoms with Gasteiger partial charge < -0.3 is 0 Å². The quantitative estimate of drug-likeness (QED) is 0.729. The van der Waals surface area contributed by atoms with Crippen molar-refractivity contribution in [2.24, 2.45) is 0 Å². The van der Waals surface area contributed by atoms with E-state index in [2.05, 4.69) is 9.97 Å². The van der Waals surface area contributed by atoms with Crippen LogP contribution in [0.3, 0.4) is 0 Å². The molecule has 0 spiro atoms. The van der Waals surface area contributed by atoms with Gasteiger partial charge in [-0.2, -0.15) is 0 Å². The first-order chi connectivity index (χ1) is 10.6. The molecule has 0 saturated carbocycles. The molecule has 3 rings (SSSR count). The van der Waals surface area contributed by atoms with Crippen LogP contribution in [0.1, 0.15) is 25.4 Å². The summed E-state index contributed by atoms with van der Waals surface area (Å²) >= 11 is 0.